The second kappa shape index (κ2) is 9.01. The van der Waals surface area contributed by atoms with Gasteiger partial charge in [-0.15, -0.1) is 11.3 Å². The summed E-state index contributed by atoms with van der Waals surface area (Å²) in [6.45, 7) is 7.01. The quantitative estimate of drug-likeness (QED) is 0.484. The predicted octanol–water partition coefficient (Wildman–Crippen LogP) is 3.08. The van der Waals surface area contributed by atoms with Gasteiger partial charge in [0.1, 0.15) is 4.90 Å². The number of carbonyl (C=O) groups is 1. The van der Waals surface area contributed by atoms with E-state index in [0.29, 0.717) is 57.3 Å². The fourth-order valence-corrected chi connectivity index (χ4v) is 6.09. The Labute approximate surface area is 201 Å². The Balaban J connectivity index is 1.55. The molecule has 0 saturated carbocycles. The number of benzene rings is 1. The Morgan fingerprint density at radius 2 is 1.88 bits per heavy atom. The Hall–Kier alpha value is -2.96. The third-order valence-corrected chi connectivity index (χ3v) is 8.11. The van der Waals surface area contributed by atoms with Crippen LogP contribution in [0.3, 0.4) is 0 Å². The molecule has 0 bridgehead atoms. The fourth-order valence-electron chi connectivity index (χ4n) is 3.97. The summed E-state index contributed by atoms with van der Waals surface area (Å²) < 4.78 is 42.7. The molecule has 1 saturated heterocycles. The van der Waals surface area contributed by atoms with Gasteiger partial charge >= 0.3 is 22.2 Å². The van der Waals surface area contributed by atoms with Gasteiger partial charge in [-0.3, -0.25) is 4.90 Å². The number of aryl methyl sites for hydroxylation is 1. The van der Waals surface area contributed by atoms with Gasteiger partial charge in [-0.1, -0.05) is 17.7 Å². The van der Waals surface area contributed by atoms with Crippen molar-refractivity contribution in [2.45, 2.75) is 31.8 Å². The number of rotatable bonds is 5. The van der Waals surface area contributed by atoms with Crippen LogP contribution in [0.4, 0.5) is 10.6 Å². The van der Waals surface area contributed by atoms with Crippen molar-refractivity contribution >= 4 is 43.6 Å². The Morgan fingerprint density at radius 3 is 2.59 bits per heavy atom. The van der Waals surface area contributed by atoms with Crippen molar-refractivity contribution in [2.75, 3.05) is 37.8 Å². The van der Waals surface area contributed by atoms with E-state index in [1.807, 2.05) is 11.8 Å². The number of anilines is 1. The zero-order valence-corrected chi connectivity index (χ0v) is 20.4. The van der Waals surface area contributed by atoms with Crippen molar-refractivity contribution in [1.82, 2.24) is 14.9 Å². The Kier molecular flexibility index (Phi) is 6.04. The summed E-state index contributed by atoms with van der Waals surface area (Å²) in [5, 5.41) is 0. The van der Waals surface area contributed by atoms with Gasteiger partial charge in [0.2, 0.25) is 0 Å². The van der Waals surface area contributed by atoms with Gasteiger partial charge in [-0.2, -0.15) is 18.4 Å². The first-order chi connectivity index (χ1) is 16.4. The molecule has 34 heavy (non-hydrogen) atoms. The van der Waals surface area contributed by atoms with Crippen LogP contribution in [0.15, 0.2) is 29.2 Å². The zero-order valence-electron chi connectivity index (χ0n) is 18.8. The van der Waals surface area contributed by atoms with Crippen molar-refractivity contribution in [1.29, 1.82) is 0 Å². The highest BCUT2D eigenvalue weighted by Crippen LogP contribution is 2.41. The summed E-state index contributed by atoms with van der Waals surface area (Å²) in [7, 11) is -4.12. The molecule has 0 radical (unpaired) electrons. The number of thiophene rings is 1. The first-order valence-corrected chi connectivity index (χ1v) is 13.2. The second-order valence-corrected chi connectivity index (χ2v) is 10.7. The minimum absolute atomic E-state index is 0.0266. The molecule has 2 aromatic heterocycles. The smallest absolute Gasteiger partial charge is 0.410 e. The van der Waals surface area contributed by atoms with E-state index in [1.165, 1.54) is 23.5 Å². The Bertz CT molecular complexity index is 1330. The molecule has 5 rings (SSSR count). The molecular weight excluding hydrogens is 480 g/mol. The van der Waals surface area contributed by atoms with Gasteiger partial charge in [-0.25, -0.2) is 4.79 Å². The topological polar surface area (TPSA) is 111 Å². The largest absolute Gasteiger partial charge is 0.450 e. The molecule has 1 amide bonds. The predicted molar refractivity (Wildman–Crippen MR) is 126 cm³/mol. The molecule has 180 valence electrons. The maximum Gasteiger partial charge on any atom is 0.410 e. The molecule has 1 aromatic carbocycles. The van der Waals surface area contributed by atoms with Crippen LogP contribution in [-0.2, 0) is 32.7 Å². The summed E-state index contributed by atoms with van der Waals surface area (Å²) >= 11 is 1.51. The van der Waals surface area contributed by atoms with E-state index in [9.17, 15) is 13.2 Å². The van der Waals surface area contributed by atoms with Crippen molar-refractivity contribution in [3.05, 3.63) is 40.3 Å². The normalized spacial score (nSPS) is 16.1. The first kappa shape index (κ1) is 22.8. The molecule has 4 heterocycles. The van der Waals surface area contributed by atoms with Gasteiger partial charge in [0.05, 0.1) is 43.1 Å². The van der Waals surface area contributed by atoms with E-state index in [-0.39, 0.29) is 17.0 Å². The van der Waals surface area contributed by atoms with Crippen LogP contribution in [0.1, 0.15) is 22.9 Å². The minimum Gasteiger partial charge on any atom is -0.450 e. The van der Waals surface area contributed by atoms with E-state index in [4.69, 9.17) is 13.7 Å². The second-order valence-electron chi connectivity index (χ2n) is 8.02. The molecule has 3 aromatic rings. The van der Waals surface area contributed by atoms with E-state index in [1.54, 1.807) is 24.0 Å². The van der Waals surface area contributed by atoms with Gasteiger partial charge < -0.3 is 18.6 Å². The number of hydrogen-bond donors (Lipinski definition) is 0. The number of carbonyl (C=O) groups excluding carboxylic acids is 1. The van der Waals surface area contributed by atoms with Crippen LogP contribution in [0.2, 0.25) is 0 Å². The van der Waals surface area contributed by atoms with Crippen LogP contribution in [-0.4, -0.2) is 62.3 Å². The number of hydrogen-bond acceptors (Lipinski definition) is 10. The van der Waals surface area contributed by atoms with Crippen molar-refractivity contribution in [2.24, 2.45) is 0 Å². The molecule has 0 spiro atoms. The lowest BCUT2D eigenvalue weighted by molar-refractivity contribution is 0.107. The van der Waals surface area contributed by atoms with Crippen molar-refractivity contribution in [3.8, 4) is 6.01 Å². The lowest BCUT2D eigenvalue weighted by Gasteiger charge is -2.28. The summed E-state index contributed by atoms with van der Waals surface area (Å²) in [5.74, 6) is 0.615. The van der Waals surface area contributed by atoms with Crippen LogP contribution in [0, 0.1) is 6.92 Å². The molecule has 10 nitrogen and oxygen atoms in total. The maximum absolute atomic E-state index is 12.9. The number of aromatic nitrogens is 2. The molecular formula is C22H24N4O6S2. The summed E-state index contributed by atoms with van der Waals surface area (Å²) in [6.07, 6.45) is -0.389. The highest BCUT2D eigenvalue weighted by atomic mass is 32.2. The standard InChI is InChI=1S/C22H24N4O6S2/c1-3-31-22(27)26-12-16-17(13-26)33-19-18(16)23-21(24-20(19)25-8-10-30-11-9-25)32-34(28,29)15-6-4-14(2)5-7-15/h4-7H,3,8-13H2,1-2H3. The summed E-state index contributed by atoms with van der Waals surface area (Å²) in [6, 6.07) is 6.14. The van der Waals surface area contributed by atoms with E-state index < -0.39 is 10.1 Å². The van der Waals surface area contributed by atoms with Gasteiger partial charge in [-0.05, 0) is 26.0 Å². The minimum atomic E-state index is -4.12. The van der Waals surface area contributed by atoms with Crippen LogP contribution >= 0.6 is 11.3 Å². The first-order valence-electron chi connectivity index (χ1n) is 10.9. The Morgan fingerprint density at radius 1 is 1.15 bits per heavy atom. The average Bonchev–Trinajstić information content (AvgIpc) is 3.38. The SMILES string of the molecule is CCOC(=O)N1Cc2sc3c(N4CCOCC4)nc(OS(=O)(=O)c4ccc(C)cc4)nc3c2C1. The third kappa shape index (κ3) is 4.28. The molecule has 1 fully saturated rings. The zero-order chi connectivity index (χ0) is 23.9. The number of ether oxygens (including phenoxy) is 2. The highest BCUT2D eigenvalue weighted by Gasteiger charge is 2.32. The lowest BCUT2D eigenvalue weighted by Crippen LogP contribution is -2.37. The van der Waals surface area contributed by atoms with Gasteiger partial charge in [0, 0.05) is 23.5 Å². The summed E-state index contributed by atoms with van der Waals surface area (Å²) in [5.41, 5.74) is 2.39. The van der Waals surface area contributed by atoms with Crippen LogP contribution in [0.5, 0.6) is 6.01 Å². The van der Waals surface area contributed by atoms with Gasteiger partial charge in [0.25, 0.3) is 0 Å². The van der Waals surface area contributed by atoms with E-state index in [0.717, 1.165) is 20.7 Å². The fraction of sp³-hybridized carbons (Fsp3) is 0.409. The van der Waals surface area contributed by atoms with Gasteiger partial charge in [0.15, 0.2) is 5.82 Å². The third-order valence-electron chi connectivity index (χ3n) is 5.69. The number of nitrogens with zero attached hydrogens (tertiary/aromatic N) is 4. The van der Waals surface area contributed by atoms with Crippen LogP contribution in [0.25, 0.3) is 10.2 Å². The lowest BCUT2D eigenvalue weighted by atomic mass is 10.2. The molecule has 0 unspecified atom stereocenters. The molecule has 2 aliphatic heterocycles. The van der Waals surface area contributed by atoms with E-state index >= 15 is 0 Å². The van der Waals surface area contributed by atoms with Crippen LogP contribution < -0.4 is 9.08 Å². The maximum atomic E-state index is 12.9. The highest BCUT2D eigenvalue weighted by molar-refractivity contribution is 7.87. The number of amides is 1. The molecule has 0 aliphatic carbocycles. The van der Waals surface area contributed by atoms with Crippen molar-refractivity contribution in [3.63, 3.8) is 0 Å². The number of morpholine rings is 1. The van der Waals surface area contributed by atoms with E-state index in [2.05, 4.69) is 9.97 Å². The molecule has 0 atom stereocenters. The monoisotopic (exact) mass is 504 g/mol. The molecule has 12 heteroatoms. The summed E-state index contributed by atoms with van der Waals surface area (Å²) in [4.78, 5) is 25.9. The molecule has 0 N–H and O–H groups in total. The average molecular weight is 505 g/mol. The molecule has 2 aliphatic rings. The van der Waals surface area contributed by atoms with Crippen molar-refractivity contribution < 1.29 is 26.9 Å². The number of fused-ring (bicyclic) bond motifs is 3.